The van der Waals surface area contributed by atoms with Crippen LogP contribution in [0.4, 0.5) is 0 Å². The Bertz CT molecular complexity index is 140. The zero-order chi connectivity index (χ0) is 4.28. The molecule has 0 atom stereocenters. The van der Waals surface area contributed by atoms with E-state index < -0.39 is 9.26 Å². The van der Waals surface area contributed by atoms with Crippen molar-refractivity contribution in [2.45, 2.75) is 0 Å². The van der Waals surface area contributed by atoms with E-state index in [4.69, 9.17) is 0 Å². The van der Waals surface area contributed by atoms with E-state index in [0.29, 0.717) is 0 Å². The van der Waals surface area contributed by atoms with Gasteiger partial charge in [0.1, 0.15) is 0 Å². The molecule has 0 saturated carbocycles. The van der Waals surface area contributed by atoms with E-state index in [9.17, 15) is 8.42 Å². The first-order valence-electron chi connectivity index (χ1n) is 0.667. The van der Waals surface area contributed by atoms with Crippen LogP contribution >= 0.6 is 0 Å². The quantitative estimate of drug-likeness (QED) is 0.554. The molecular weight excluding hydrogens is 288 g/mol. The average molecular weight is 288 g/mol. The van der Waals surface area contributed by atoms with Gasteiger partial charge in [-0.3, -0.25) is 0 Å². The summed E-state index contributed by atoms with van der Waals surface area (Å²) in [6.45, 7) is 0. The minimum Gasteiger partial charge on any atom is 0 e. The van der Waals surface area contributed by atoms with E-state index in [1.165, 1.54) is 18.0 Å². The molecular formula is Mo2O2S2. The third kappa shape index (κ3) is 9.05. The fourth-order valence-corrected chi connectivity index (χ4v) is 0. The first kappa shape index (κ1) is 10.4. The number of hydrogen-bond acceptors (Lipinski definition) is 2. The summed E-state index contributed by atoms with van der Waals surface area (Å²) in [5, 5.41) is 0. The molecule has 2 nitrogen and oxygen atoms in total. The topological polar surface area (TPSA) is 34.1 Å². The van der Waals surface area contributed by atoms with Crippen molar-refractivity contribution >= 4 is 16.8 Å². The molecule has 0 spiro atoms. The van der Waals surface area contributed by atoms with Crippen LogP contribution in [0, 0.1) is 0 Å². The van der Waals surface area contributed by atoms with Crippen LogP contribution in [0.1, 0.15) is 0 Å². The smallest absolute Gasteiger partial charge is 0 e. The second kappa shape index (κ2) is 6.42. The molecule has 0 bridgehead atoms. The Labute approximate surface area is 63.7 Å². The van der Waals surface area contributed by atoms with Gasteiger partial charge in [-0.1, -0.05) is 0 Å². The molecule has 0 aliphatic heterocycles. The van der Waals surface area contributed by atoms with Crippen LogP contribution in [0.5, 0.6) is 0 Å². The van der Waals surface area contributed by atoms with E-state index in [1.54, 1.807) is 0 Å². The maximum Gasteiger partial charge on any atom is 0 e. The number of rotatable bonds is 0. The summed E-state index contributed by atoms with van der Waals surface area (Å²) < 4.78 is 18.7. The molecule has 0 aromatic carbocycles. The molecule has 0 aromatic heterocycles. The second-order valence-corrected chi connectivity index (χ2v) is 5.05. The molecule has 0 radical (unpaired) electrons. The Morgan fingerprint density at radius 2 is 1.67 bits per heavy atom. The van der Waals surface area contributed by atoms with Crippen LogP contribution in [0.2, 0.25) is 0 Å². The Morgan fingerprint density at radius 3 is 1.67 bits per heavy atom. The van der Waals surface area contributed by atoms with Crippen LogP contribution in [0.3, 0.4) is 0 Å². The fourth-order valence-electron chi connectivity index (χ4n) is 0. The van der Waals surface area contributed by atoms with Gasteiger partial charge in [-0.05, 0) is 0 Å². The first-order chi connectivity index (χ1) is 2.27. The van der Waals surface area contributed by atoms with E-state index in [-0.39, 0.29) is 21.1 Å². The minimum atomic E-state index is -1.90. The second-order valence-electron chi connectivity index (χ2n) is 0.272. The Morgan fingerprint density at radius 1 is 1.50 bits per heavy atom. The molecule has 0 heterocycles. The summed E-state index contributed by atoms with van der Waals surface area (Å²) in [5.41, 5.74) is 0. The van der Waals surface area contributed by atoms with Gasteiger partial charge in [0.25, 0.3) is 0 Å². The van der Waals surface area contributed by atoms with Crippen LogP contribution in [-0.4, -0.2) is 8.42 Å². The van der Waals surface area contributed by atoms with Gasteiger partial charge in [0.15, 0.2) is 0 Å². The van der Waals surface area contributed by atoms with Gasteiger partial charge in [0.05, 0.1) is 0 Å². The number of hydrogen-bond donors (Lipinski definition) is 0. The van der Waals surface area contributed by atoms with Crippen molar-refractivity contribution in [3.05, 3.63) is 0 Å². The summed E-state index contributed by atoms with van der Waals surface area (Å²) in [4.78, 5) is 0. The average Bonchev–Trinajstić information content (AvgIpc) is 1.38. The van der Waals surface area contributed by atoms with Gasteiger partial charge in [-0.2, -0.15) is 0 Å². The van der Waals surface area contributed by atoms with Gasteiger partial charge in [0, 0.05) is 21.1 Å². The van der Waals surface area contributed by atoms with E-state index >= 15 is 0 Å². The molecule has 36 valence electrons. The molecule has 0 saturated heterocycles. The Balaban J connectivity index is 0. The van der Waals surface area contributed by atoms with Crippen LogP contribution in [-0.2, 0) is 55.8 Å². The monoisotopic (exact) mass is 292 g/mol. The van der Waals surface area contributed by atoms with Crippen molar-refractivity contribution in [3.8, 4) is 0 Å². The molecule has 0 unspecified atom stereocenters. The summed E-state index contributed by atoms with van der Waals surface area (Å²) in [6.07, 6.45) is 0. The third-order valence-corrected chi connectivity index (χ3v) is 2.96. The van der Waals surface area contributed by atoms with Gasteiger partial charge in [-0.15, -0.1) is 0 Å². The molecule has 0 fully saturated rings. The van der Waals surface area contributed by atoms with Crippen molar-refractivity contribution in [3.63, 3.8) is 0 Å². The van der Waals surface area contributed by atoms with Gasteiger partial charge >= 0.3 is 43.2 Å². The van der Waals surface area contributed by atoms with E-state index in [2.05, 4.69) is 0 Å². The van der Waals surface area contributed by atoms with Gasteiger partial charge in [0.2, 0.25) is 0 Å². The maximum atomic E-state index is 9.33. The maximum absolute atomic E-state index is 9.33. The predicted octanol–water partition coefficient (Wildman–Crippen LogP) is -0.678. The minimum absolute atomic E-state index is 0. The molecule has 0 rings (SSSR count). The van der Waals surface area contributed by atoms with Crippen LogP contribution in [0.15, 0.2) is 0 Å². The summed E-state index contributed by atoms with van der Waals surface area (Å²) in [5.74, 6) is 0. The molecule has 0 aliphatic carbocycles. The molecule has 0 N–H and O–H groups in total. The third-order valence-electron chi connectivity index (χ3n) is 0.0556. The molecule has 0 aliphatic rings. The van der Waals surface area contributed by atoms with Crippen LogP contribution < -0.4 is 0 Å². The molecule has 0 amide bonds. The Kier molecular flexibility index (Phi) is 11.1. The van der Waals surface area contributed by atoms with Gasteiger partial charge in [-0.25, -0.2) is 0 Å². The predicted molar refractivity (Wildman–Crippen MR) is 16.3 cm³/mol. The standard InChI is InChI=1S/2Mo.O2S2/c;;1-4(2)3. The molecule has 0 aromatic rings. The summed E-state index contributed by atoms with van der Waals surface area (Å²) >= 11 is 1.44. The zero-order valence-electron chi connectivity index (χ0n) is 2.45. The SMILES string of the molecule is O=S(=O)=[S]=[Mo].[Mo]. The van der Waals surface area contributed by atoms with E-state index in [0.717, 1.165) is 7.51 Å². The van der Waals surface area contributed by atoms with Crippen molar-refractivity contribution in [1.29, 1.82) is 0 Å². The molecule has 6 heteroatoms. The summed E-state index contributed by atoms with van der Waals surface area (Å²) in [7, 11) is -1.10. The summed E-state index contributed by atoms with van der Waals surface area (Å²) in [6, 6.07) is 0. The Hall–Kier alpha value is 1.42. The first-order valence-corrected chi connectivity index (χ1v) is 5.46. The van der Waals surface area contributed by atoms with E-state index in [1.807, 2.05) is 0 Å². The van der Waals surface area contributed by atoms with Crippen molar-refractivity contribution in [1.82, 2.24) is 0 Å². The van der Waals surface area contributed by atoms with Crippen molar-refractivity contribution in [2.24, 2.45) is 0 Å². The van der Waals surface area contributed by atoms with Crippen molar-refractivity contribution in [2.75, 3.05) is 0 Å². The van der Waals surface area contributed by atoms with Crippen LogP contribution in [0.25, 0.3) is 0 Å². The normalized spacial score (nSPS) is 5.33. The zero-order valence-corrected chi connectivity index (χ0v) is 8.10. The van der Waals surface area contributed by atoms with Crippen molar-refractivity contribution < 1.29 is 47.5 Å². The van der Waals surface area contributed by atoms with Gasteiger partial charge < -0.3 is 0 Å². The largest absolute Gasteiger partial charge is 0 e. The molecule has 6 heavy (non-hydrogen) atoms. The fraction of sp³-hybridized carbons (Fsp3) is 0.